The van der Waals surface area contributed by atoms with E-state index in [4.69, 9.17) is 13.9 Å². The van der Waals surface area contributed by atoms with Gasteiger partial charge in [-0.05, 0) is 12.5 Å². The minimum Gasteiger partial charge on any atom is -0.458 e. The number of epoxide rings is 1. The molecule has 0 amide bonds. The van der Waals surface area contributed by atoms with Gasteiger partial charge >= 0.3 is 11.6 Å². The molecule has 8 atom stereocenters. The third kappa shape index (κ3) is 1.57. The second-order valence-corrected chi connectivity index (χ2v) is 8.74. The Bertz CT molecular complexity index is 888. The number of hydrogen-bond acceptors (Lipinski definition) is 7. The van der Waals surface area contributed by atoms with Crippen LogP contribution in [0.15, 0.2) is 15.3 Å². The van der Waals surface area contributed by atoms with Crippen LogP contribution in [0, 0.1) is 11.3 Å². The zero-order valence-corrected chi connectivity index (χ0v) is 15.1. The van der Waals surface area contributed by atoms with Crippen LogP contribution in [0.3, 0.4) is 0 Å². The van der Waals surface area contributed by atoms with Gasteiger partial charge in [-0.2, -0.15) is 0 Å². The van der Waals surface area contributed by atoms with Crippen LogP contribution in [0.1, 0.15) is 56.6 Å². The van der Waals surface area contributed by atoms with E-state index in [9.17, 15) is 19.8 Å². The molecule has 1 aromatic rings. The van der Waals surface area contributed by atoms with Gasteiger partial charge in [-0.25, -0.2) is 4.79 Å². The maximum atomic E-state index is 12.7. The maximum Gasteiger partial charge on any atom is 0.336 e. The summed E-state index contributed by atoms with van der Waals surface area (Å²) < 4.78 is 16.8. The summed E-state index contributed by atoms with van der Waals surface area (Å²) in [6.45, 7) is 7.38. The van der Waals surface area contributed by atoms with Gasteiger partial charge in [-0.15, -0.1) is 0 Å². The number of aliphatic hydroxyl groups is 2. The van der Waals surface area contributed by atoms with Gasteiger partial charge in [0, 0.05) is 28.9 Å². The van der Waals surface area contributed by atoms with E-state index in [-0.39, 0.29) is 12.0 Å². The largest absolute Gasteiger partial charge is 0.458 e. The first-order valence-electron chi connectivity index (χ1n) is 9.04. The summed E-state index contributed by atoms with van der Waals surface area (Å²) in [7, 11) is 0. The number of aliphatic hydroxyl groups excluding tert-OH is 2. The number of carbonyl (C=O) groups excluding carboxylic acids is 1. The fourth-order valence-corrected chi connectivity index (χ4v) is 5.85. The molecule has 0 radical (unpaired) electrons. The highest BCUT2D eigenvalue weighted by Crippen LogP contribution is 2.68. The molecule has 2 aliphatic heterocycles. The summed E-state index contributed by atoms with van der Waals surface area (Å²) >= 11 is 0. The second kappa shape index (κ2) is 4.58. The predicted octanol–water partition coefficient (Wildman–Crippen LogP) is 0.758. The number of carbonyl (C=O) groups is 1. The molecule has 2 N–H and O–H groups in total. The molecule has 1 aromatic heterocycles. The van der Waals surface area contributed by atoms with E-state index >= 15 is 0 Å². The molecule has 0 aromatic carbocycles. The van der Waals surface area contributed by atoms with E-state index < -0.39 is 52.8 Å². The first-order chi connectivity index (χ1) is 12.1. The minimum atomic E-state index is -1.19. The van der Waals surface area contributed by atoms with E-state index in [1.807, 2.05) is 20.8 Å². The van der Waals surface area contributed by atoms with E-state index in [2.05, 4.69) is 0 Å². The lowest BCUT2D eigenvalue weighted by molar-refractivity contribution is -0.156. The first kappa shape index (κ1) is 16.5. The molecular formula is C19H22O7. The van der Waals surface area contributed by atoms with Crippen LogP contribution in [0.4, 0.5) is 0 Å². The van der Waals surface area contributed by atoms with Crippen molar-refractivity contribution in [1.29, 1.82) is 0 Å². The number of ether oxygens (including phenoxy) is 2. The lowest BCUT2D eigenvalue weighted by Crippen LogP contribution is -2.62. The van der Waals surface area contributed by atoms with Gasteiger partial charge in [0.25, 0.3) is 0 Å². The molecule has 3 fully saturated rings. The lowest BCUT2D eigenvalue weighted by Gasteiger charge is -2.51. The first-order valence-corrected chi connectivity index (χ1v) is 9.04. The minimum absolute atomic E-state index is 0.124. The van der Waals surface area contributed by atoms with Gasteiger partial charge in [-0.1, -0.05) is 20.8 Å². The van der Waals surface area contributed by atoms with Crippen LogP contribution in [0.25, 0.3) is 0 Å². The van der Waals surface area contributed by atoms with Crippen LogP contribution < -0.4 is 5.63 Å². The van der Waals surface area contributed by atoms with Crippen LogP contribution in [0.2, 0.25) is 0 Å². The zero-order valence-electron chi connectivity index (χ0n) is 15.1. The molecule has 0 spiro atoms. The fraction of sp³-hybridized carbons (Fsp3) is 0.684. The Labute approximate surface area is 149 Å². The van der Waals surface area contributed by atoms with Crippen LogP contribution in [-0.2, 0) is 19.7 Å². The van der Waals surface area contributed by atoms with Crippen molar-refractivity contribution in [3.63, 3.8) is 0 Å². The van der Waals surface area contributed by atoms with Crippen molar-refractivity contribution < 1.29 is 28.9 Å². The lowest BCUT2D eigenvalue weighted by atomic mass is 9.48. The highest BCUT2D eigenvalue weighted by Gasteiger charge is 2.79. The monoisotopic (exact) mass is 362 g/mol. The third-order valence-electron chi connectivity index (χ3n) is 7.09. The molecule has 3 heterocycles. The fourth-order valence-electron chi connectivity index (χ4n) is 5.85. The Hall–Kier alpha value is -1.70. The van der Waals surface area contributed by atoms with E-state index in [1.165, 1.54) is 6.07 Å². The van der Waals surface area contributed by atoms with Crippen LogP contribution >= 0.6 is 0 Å². The number of hydrogen-bond donors (Lipinski definition) is 2. The molecule has 0 unspecified atom stereocenters. The predicted molar refractivity (Wildman–Crippen MR) is 87.5 cm³/mol. The quantitative estimate of drug-likeness (QED) is 0.560. The summed E-state index contributed by atoms with van der Waals surface area (Å²) in [6, 6.07) is 1.40. The van der Waals surface area contributed by atoms with Gasteiger partial charge in [0.2, 0.25) is 0 Å². The molecular weight excluding hydrogens is 340 g/mol. The molecule has 2 saturated heterocycles. The summed E-state index contributed by atoms with van der Waals surface area (Å²) in [5, 5.41) is 21.8. The Morgan fingerprint density at radius 1 is 1.12 bits per heavy atom. The molecule has 7 nitrogen and oxygen atoms in total. The van der Waals surface area contributed by atoms with Crippen molar-refractivity contribution in [2.45, 2.75) is 69.5 Å². The molecule has 4 aliphatic rings. The molecule has 1 saturated carbocycles. The van der Waals surface area contributed by atoms with Crippen molar-refractivity contribution in [3.8, 4) is 0 Å². The van der Waals surface area contributed by atoms with E-state index in [1.54, 1.807) is 6.92 Å². The molecule has 140 valence electrons. The zero-order chi connectivity index (χ0) is 18.8. The van der Waals surface area contributed by atoms with Crippen molar-refractivity contribution >= 4 is 5.97 Å². The van der Waals surface area contributed by atoms with Crippen molar-refractivity contribution in [1.82, 2.24) is 0 Å². The Morgan fingerprint density at radius 3 is 2.46 bits per heavy atom. The topological polar surface area (TPSA) is 110 Å². The average molecular weight is 362 g/mol. The van der Waals surface area contributed by atoms with Crippen molar-refractivity contribution in [3.05, 3.63) is 33.4 Å². The average Bonchev–Trinajstić information content (AvgIpc) is 3.33. The number of rotatable bonds is 1. The van der Waals surface area contributed by atoms with Crippen LogP contribution in [-0.4, -0.2) is 40.6 Å². The highest BCUT2D eigenvalue weighted by atomic mass is 16.6. The molecule has 5 rings (SSSR count). The standard InChI is InChI=1S/C19H22O7/c1-6(2)11-9-7(5-8(20)24-11)18(3)14-12(10(9)21)26-17(23)19(14,4)15(22)13-16(18)25-13/h5-6,10,12-16,21-22H,1-4H3/t10-,12-,13-,14-,15+,16-,18-,19-/m1/s1. The van der Waals surface area contributed by atoms with Gasteiger partial charge in [0.15, 0.2) is 0 Å². The number of esters is 1. The third-order valence-corrected chi connectivity index (χ3v) is 7.09. The van der Waals surface area contributed by atoms with Crippen molar-refractivity contribution in [2.75, 3.05) is 0 Å². The van der Waals surface area contributed by atoms with Gasteiger partial charge in [0.05, 0.1) is 12.2 Å². The summed E-state index contributed by atoms with van der Waals surface area (Å²) in [6.07, 6.45) is -3.74. The Kier molecular flexibility index (Phi) is 2.90. The van der Waals surface area contributed by atoms with Crippen molar-refractivity contribution in [2.24, 2.45) is 11.3 Å². The summed E-state index contributed by atoms with van der Waals surface area (Å²) in [5.74, 6) is -0.739. The highest BCUT2D eigenvalue weighted by molar-refractivity contribution is 5.82. The van der Waals surface area contributed by atoms with Gasteiger partial charge < -0.3 is 24.1 Å². The second-order valence-electron chi connectivity index (χ2n) is 8.74. The maximum absolute atomic E-state index is 12.7. The summed E-state index contributed by atoms with van der Waals surface area (Å²) in [4.78, 5) is 25.0. The summed E-state index contributed by atoms with van der Waals surface area (Å²) in [5.41, 5.74) is -1.25. The molecule has 2 aliphatic carbocycles. The smallest absolute Gasteiger partial charge is 0.336 e. The Morgan fingerprint density at radius 2 is 1.81 bits per heavy atom. The Balaban J connectivity index is 1.85. The van der Waals surface area contributed by atoms with Gasteiger partial charge in [-0.3, -0.25) is 4.79 Å². The number of fused-ring (bicyclic) bond motifs is 4. The SMILES string of the molecule is CC(C)c1oc(=O)cc2c1[C@@H](O)[C@H]1OC(=O)[C@@]3(C)[C@@H](O)[C@H]4O[C@H]4[C@@]2(C)[C@@H]13. The molecule has 26 heavy (non-hydrogen) atoms. The van der Waals surface area contributed by atoms with E-state index in [0.29, 0.717) is 16.9 Å². The normalized spacial score (nSPS) is 47.9. The van der Waals surface area contributed by atoms with Gasteiger partial charge in [0.1, 0.15) is 29.5 Å². The molecule has 0 bridgehead atoms. The van der Waals surface area contributed by atoms with Crippen LogP contribution in [0.5, 0.6) is 0 Å². The molecule has 7 heteroatoms. The van der Waals surface area contributed by atoms with E-state index in [0.717, 1.165) is 0 Å².